The number of nitrogens with two attached hydrogens (primary N) is 4. The van der Waals surface area contributed by atoms with Gasteiger partial charge >= 0.3 is 12.4 Å². The number of phenolic OH excluding ortho intramolecular Hbond substituents is 1. The summed E-state index contributed by atoms with van der Waals surface area (Å²) in [4.78, 5) is 13.4. The molecule has 0 aromatic heterocycles. The number of carbonyl (C=O) groups is 1. The van der Waals surface area contributed by atoms with Gasteiger partial charge in [0.2, 0.25) is 5.78 Å². The lowest BCUT2D eigenvalue weighted by Crippen LogP contribution is -2.36. The number of hydrogen-bond acceptors (Lipinski definition) is 8. The third-order valence-corrected chi connectivity index (χ3v) is 5.67. The first-order valence-corrected chi connectivity index (χ1v) is 11.3. The minimum Gasteiger partial charge on any atom is -0.507 e. The fourth-order valence-corrected chi connectivity index (χ4v) is 3.80. The van der Waals surface area contributed by atoms with Crippen molar-refractivity contribution in [2.24, 2.45) is 23.2 Å². The molecule has 212 valence electrons. The monoisotopic (exact) mass is 566 g/mol. The molecule has 0 aliphatic carbocycles. The van der Waals surface area contributed by atoms with E-state index in [-0.39, 0.29) is 34.3 Å². The van der Waals surface area contributed by atoms with Crippen molar-refractivity contribution in [2.45, 2.75) is 18.9 Å². The highest BCUT2D eigenvalue weighted by molar-refractivity contribution is 6.15. The van der Waals surface area contributed by atoms with Gasteiger partial charge in [-0.15, -0.1) is 0 Å². The van der Waals surface area contributed by atoms with Crippen molar-refractivity contribution in [1.82, 2.24) is 10.4 Å². The van der Waals surface area contributed by atoms with Gasteiger partial charge in [0.25, 0.3) is 0 Å². The summed E-state index contributed by atoms with van der Waals surface area (Å²) in [6, 6.07) is 14.4. The Morgan fingerprint density at radius 3 is 1.88 bits per heavy atom. The molecule has 0 bridgehead atoms. The van der Waals surface area contributed by atoms with Crippen LogP contribution in [-0.4, -0.2) is 15.9 Å². The number of rotatable bonds is 8. The number of halogens is 6. The van der Waals surface area contributed by atoms with Crippen LogP contribution in [0.1, 0.15) is 27.8 Å². The van der Waals surface area contributed by atoms with Gasteiger partial charge in [0.1, 0.15) is 17.1 Å². The second kappa shape index (κ2) is 11.6. The lowest BCUT2D eigenvalue weighted by atomic mass is 10.0. The van der Waals surface area contributed by atoms with E-state index in [9.17, 15) is 36.2 Å². The van der Waals surface area contributed by atoms with Gasteiger partial charge in [0, 0.05) is 11.1 Å². The van der Waals surface area contributed by atoms with Crippen molar-refractivity contribution in [3.05, 3.63) is 112 Å². The Morgan fingerprint density at radius 2 is 1.38 bits per heavy atom. The molecule has 0 fully saturated rings. The van der Waals surface area contributed by atoms with Gasteiger partial charge in [-0.25, -0.2) is 5.84 Å². The fourth-order valence-electron chi connectivity index (χ4n) is 3.80. The topological polar surface area (TPSA) is 157 Å². The number of carbonyl (C=O) groups excluding carboxylic acids is 1. The predicted octanol–water partition coefficient (Wildman–Crippen LogP) is 3.79. The summed E-state index contributed by atoms with van der Waals surface area (Å²) in [6.07, 6.45) is -10.1. The number of nitrogens with one attached hydrogen (secondary N) is 1. The molecule has 14 heteroatoms. The normalized spacial score (nSPS) is 13.3. The van der Waals surface area contributed by atoms with Crippen LogP contribution in [0.3, 0.4) is 0 Å². The molecule has 0 aliphatic rings. The standard InChI is InChI=1S/C26H24F6N6O2/c27-25(28,29)16-10-14(11-17(12-16)26(30,31)32)13-38(36)23(15-6-2-1-3-7-15)21(34)24(40)22(37-35)20(33)18-8-4-5-9-19(18)39/h1-12,37,39H,13,33-36H2/b22-20-,23-21-. The molecule has 10 N–H and O–H groups in total. The van der Waals surface area contributed by atoms with Gasteiger partial charge < -0.3 is 27.0 Å². The Bertz CT molecular complexity index is 1420. The molecule has 0 amide bonds. The van der Waals surface area contributed by atoms with Crippen LogP contribution < -0.4 is 28.6 Å². The lowest BCUT2D eigenvalue weighted by molar-refractivity contribution is -0.143. The third kappa shape index (κ3) is 6.65. The quantitative estimate of drug-likeness (QED) is 0.104. The third-order valence-electron chi connectivity index (χ3n) is 5.67. The molecule has 3 aromatic rings. The molecule has 8 nitrogen and oxygen atoms in total. The highest BCUT2D eigenvalue weighted by Crippen LogP contribution is 2.37. The zero-order valence-corrected chi connectivity index (χ0v) is 20.5. The molecule has 0 heterocycles. The SMILES string of the molecule is NN/C(C(=O)/C(N)=C(\c1ccccc1)N(N)Cc1cc(C(F)(F)F)cc(C(F)(F)F)c1)=C(\N)c1ccccc1O. The maximum atomic E-state index is 13.4. The zero-order chi connectivity index (χ0) is 29.8. The molecule has 40 heavy (non-hydrogen) atoms. The van der Waals surface area contributed by atoms with Crippen molar-refractivity contribution >= 4 is 17.2 Å². The van der Waals surface area contributed by atoms with Crippen LogP contribution in [0.2, 0.25) is 0 Å². The number of hydrogen-bond donors (Lipinski definition) is 6. The van der Waals surface area contributed by atoms with Crippen molar-refractivity contribution < 1.29 is 36.2 Å². The minimum absolute atomic E-state index is 0.0119. The molecule has 3 aromatic carbocycles. The van der Waals surface area contributed by atoms with Crippen molar-refractivity contribution in [3.8, 4) is 5.75 Å². The number of phenols is 1. The van der Waals surface area contributed by atoms with Crippen LogP contribution in [0.5, 0.6) is 5.75 Å². The average Bonchev–Trinajstić information content (AvgIpc) is 2.88. The number of para-hydroxylation sites is 1. The molecule has 0 unspecified atom stereocenters. The number of ketones is 1. The van der Waals surface area contributed by atoms with Gasteiger partial charge in [-0.05, 0) is 35.9 Å². The molecule has 3 rings (SSSR count). The number of hydrazine groups is 2. The first-order chi connectivity index (χ1) is 18.6. The Morgan fingerprint density at radius 1 is 0.850 bits per heavy atom. The molecular formula is C26H24F6N6O2. The van der Waals surface area contributed by atoms with Gasteiger partial charge in [0.05, 0.1) is 29.1 Å². The molecule has 0 atom stereocenters. The van der Waals surface area contributed by atoms with E-state index in [1.54, 1.807) is 18.2 Å². The smallest absolute Gasteiger partial charge is 0.416 e. The van der Waals surface area contributed by atoms with E-state index >= 15 is 0 Å². The van der Waals surface area contributed by atoms with E-state index in [4.69, 9.17) is 23.2 Å². The van der Waals surface area contributed by atoms with E-state index in [0.29, 0.717) is 12.1 Å². The Hall–Kier alpha value is -4.69. The maximum Gasteiger partial charge on any atom is 0.416 e. The second-order valence-electron chi connectivity index (χ2n) is 8.45. The molecule has 0 saturated heterocycles. The van der Waals surface area contributed by atoms with Crippen LogP contribution in [0.15, 0.2) is 84.2 Å². The van der Waals surface area contributed by atoms with Crippen LogP contribution in [0, 0.1) is 0 Å². The van der Waals surface area contributed by atoms with E-state index in [1.807, 2.05) is 0 Å². The summed E-state index contributed by atoms with van der Waals surface area (Å²) in [6.45, 7) is -0.713. The number of benzene rings is 3. The van der Waals surface area contributed by atoms with Gasteiger partial charge in [-0.2, -0.15) is 26.3 Å². The molecule has 0 aliphatic heterocycles. The Kier molecular flexibility index (Phi) is 8.65. The Balaban J connectivity index is 2.15. The molecule has 0 radical (unpaired) electrons. The van der Waals surface area contributed by atoms with Gasteiger partial charge in [-0.1, -0.05) is 42.5 Å². The first-order valence-electron chi connectivity index (χ1n) is 11.3. The largest absolute Gasteiger partial charge is 0.507 e. The molecule has 0 spiro atoms. The fraction of sp³-hybridized carbons (Fsp3) is 0.115. The number of Topliss-reactive ketones (excluding diaryl/α,β-unsaturated/α-hetero) is 1. The van der Waals surface area contributed by atoms with Crippen molar-refractivity contribution in [2.75, 3.05) is 0 Å². The Labute approximate surface area is 224 Å². The number of nitrogens with zero attached hydrogens (tertiary/aromatic N) is 1. The lowest BCUT2D eigenvalue weighted by Gasteiger charge is -2.25. The van der Waals surface area contributed by atoms with Gasteiger partial charge in [-0.3, -0.25) is 10.6 Å². The highest BCUT2D eigenvalue weighted by Gasteiger charge is 2.37. The molecule has 0 saturated carbocycles. The summed E-state index contributed by atoms with van der Waals surface area (Å²) in [5, 5.41) is 10.9. The van der Waals surface area contributed by atoms with Crippen molar-refractivity contribution in [3.63, 3.8) is 0 Å². The summed E-state index contributed by atoms with van der Waals surface area (Å²) < 4.78 is 80.2. The number of alkyl halides is 6. The first kappa shape index (κ1) is 29.9. The average molecular weight is 567 g/mol. The number of aromatic hydroxyl groups is 1. The molecular weight excluding hydrogens is 542 g/mol. The summed E-state index contributed by atoms with van der Waals surface area (Å²) >= 11 is 0. The predicted molar refractivity (Wildman–Crippen MR) is 135 cm³/mol. The highest BCUT2D eigenvalue weighted by atomic mass is 19.4. The summed E-state index contributed by atoms with van der Waals surface area (Å²) in [5.41, 5.74) is 9.48. The zero-order valence-electron chi connectivity index (χ0n) is 20.5. The van der Waals surface area contributed by atoms with E-state index < -0.39 is 52.8 Å². The van der Waals surface area contributed by atoms with E-state index in [0.717, 1.165) is 5.01 Å². The second-order valence-corrected chi connectivity index (χ2v) is 8.45. The van der Waals surface area contributed by atoms with E-state index in [2.05, 4.69) is 5.43 Å². The minimum atomic E-state index is -5.07. The van der Waals surface area contributed by atoms with Crippen LogP contribution >= 0.6 is 0 Å². The summed E-state index contributed by atoms with van der Waals surface area (Å²) in [7, 11) is 0. The van der Waals surface area contributed by atoms with E-state index in [1.165, 1.54) is 36.4 Å². The van der Waals surface area contributed by atoms with Crippen LogP contribution in [-0.2, 0) is 23.7 Å². The van der Waals surface area contributed by atoms with Gasteiger partial charge in [0.15, 0.2) is 0 Å². The van der Waals surface area contributed by atoms with Crippen LogP contribution in [0.25, 0.3) is 11.4 Å². The maximum absolute atomic E-state index is 13.4. The summed E-state index contributed by atoms with van der Waals surface area (Å²) in [5.74, 6) is 10.4. The van der Waals surface area contributed by atoms with Crippen LogP contribution in [0.4, 0.5) is 26.3 Å². The van der Waals surface area contributed by atoms with Crippen molar-refractivity contribution in [1.29, 1.82) is 0 Å².